The molecular formula is C12H16N2. The zero-order valence-electron chi connectivity index (χ0n) is 8.75. The molecule has 0 radical (unpaired) electrons. The highest BCUT2D eigenvalue weighted by Gasteiger charge is 2.01. The van der Waals surface area contributed by atoms with E-state index in [-0.39, 0.29) is 6.04 Å². The van der Waals surface area contributed by atoms with Crippen molar-refractivity contribution >= 4 is 0 Å². The van der Waals surface area contributed by atoms with Crippen molar-refractivity contribution in [3.63, 3.8) is 0 Å². The monoisotopic (exact) mass is 188 g/mol. The average Bonchev–Trinajstić information content (AvgIpc) is 2.26. The first-order valence-electron chi connectivity index (χ1n) is 4.97. The molecule has 0 bridgehead atoms. The smallest absolute Gasteiger partial charge is 0.0927 e. The third-order valence-corrected chi connectivity index (χ3v) is 2.29. The lowest BCUT2D eigenvalue weighted by Gasteiger charge is -2.09. The van der Waals surface area contributed by atoms with Gasteiger partial charge in [-0.25, -0.2) is 0 Å². The Morgan fingerprint density at radius 1 is 1.36 bits per heavy atom. The van der Waals surface area contributed by atoms with Crippen molar-refractivity contribution in [2.24, 2.45) is 0 Å². The lowest BCUT2D eigenvalue weighted by molar-refractivity contribution is 0.639. The molecule has 0 spiro atoms. The van der Waals surface area contributed by atoms with Gasteiger partial charge in [-0.2, -0.15) is 5.26 Å². The fraction of sp³-hybridized carbons (Fsp3) is 0.417. The van der Waals surface area contributed by atoms with Crippen molar-refractivity contribution in [3.8, 4) is 6.07 Å². The summed E-state index contributed by atoms with van der Waals surface area (Å²) in [4.78, 5) is 0. The summed E-state index contributed by atoms with van der Waals surface area (Å²) in [7, 11) is 0. The van der Waals surface area contributed by atoms with Gasteiger partial charge in [-0.15, -0.1) is 0 Å². The van der Waals surface area contributed by atoms with E-state index in [0.29, 0.717) is 0 Å². The van der Waals surface area contributed by atoms with Crippen LogP contribution in [0.2, 0.25) is 0 Å². The fourth-order valence-electron chi connectivity index (χ4n) is 1.38. The minimum absolute atomic E-state index is 0.0834. The third kappa shape index (κ3) is 2.86. The molecule has 0 saturated carbocycles. The van der Waals surface area contributed by atoms with E-state index in [1.807, 2.05) is 13.0 Å². The Labute approximate surface area is 85.6 Å². The molecule has 0 heterocycles. The van der Waals surface area contributed by atoms with Gasteiger partial charge in [0.2, 0.25) is 0 Å². The van der Waals surface area contributed by atoms with Crippen molar-refractivity contribution in [2.45, 2.75) is 32.9 Å². The summed E-state index contributed by atoms with van der Waals surface area (Å²) in [6.45, 7) is 4.79. The second-order valence-corrected chi connectivity index (χ2v) is 3.35. The summed E-state index contributed by atoms with van der Waals surface area (Å²) in [6, 6.07) is 10.4. The molecule has 1 aromatic rings. The maximum Gasteiger partial charge on any atom is 0.0927 e. The molecule has 0 fully saturated rings. The van der Waals surface area contributed by atoms with Crippen LogP contribution < -0.4 is 5.32 Å². The van der Waals surface area contributed by atoms with Crippen molar-refractivity contribution in [3.05, 3.63) is 35.4 Å². The highest BCUT2D eigenvalue weighted by molar-refractivity contribution is 5.26. The van der Waals surface area contributed by atoms with E-state index in [1.54, 1.807) is 0 Å². The van der Waals surface area contributed by atoms with Gasteiger partial charge in [-0.3, -0.25) is 5.32 Å². The standard InChI is InChI=1S/C12H16N2/c1-3-11-6-4-5-7-12(11)9-14-10(2)8-13/h4-7,10,14H,3,9H2,1-2H3. The van der Waals surface area contributed by atoms with E-state index in [1.165, 1.54) is 11.1 Å². The van der Waals surface area contributed by atoms with Crippen LogP contribution in [0.15, 0.2) is 24.3 Å². The van der Waals surface area contributed by atoms with Gasteiger partial charge in [0.15, 0.2) is 0 Å². The number of nitriles is 1. The quantitative estimate of drug-likeness (QED) is 0.786. The molecule has 0 aliphatic heterocycles. The second-order valence-electron chi connectivity index (χ2n) is 3.35. The normalized spacial score (nSPS) is 12.1. The second kappa shape index (κ2) is 5.41. The van der Waals surface area contributed by atoms with Crippen LogP contribution in [0.4, 0.5) is 0 Å². The molecule has 74 valence electrons. The van der Waals surface area contributed by atoms with E-state index in [0.717, 1.165) is 13.0 Å². The molecule has 1 N–H and O–H groups in total. The van der Waals surface area contributed by atoms with E-state index < -0.39 is 0 Å². The summed E-state index contributed by atoms with van der Waals surface area (Å²) in [6.07, 6.45) is 1.04. The summed E-state index contributed by atoms with van der Waals surface area (Å²) in [5.41, 5.74) is 2.64. The predicted octanol–water partition coefficient (Wildman–Crippen LogP) is 2.25. The molecule has 2 heteroatoms. The van der Waals surface area contributed by atoms with Crippen LogP contribution in [0.5, 0.6) is 0 Å². The molecule has 1 atom stereocenters. The first-order chi connectivity index (χ1) is 6.77. The van der Waals surface area contributed by atoms with Gasteiger partial charge in [-0.1, -0.05) is 31.2 Å². The molecule has 0 aromatic heterocycles. The number of aryl methyl sites for hydroxylation is 1. The molecule has 2 nitrogen and oxygen atoms in total. The number of hydrogen-bond donors (Lipinski definition) is 1. The first-order valence-corrected chi connectivity index (χ1v) is 4.97. The SMILES string of the molecule is CCc1ccccc1CNC(C)C#N. The Kier molecular flexibility index (Phi) is 4.15. The van der Waals surface area contributed by atoms with Gasteiger partial charge in [0.1, 0.15) is 0 Å². The zero-order valence-corrected chi connectivity index (χ0v) is 8.75. The molecule has 1 rings (SSSR count). The van der Waals surface area contributed by atoms with E-state index in [9.17, 15) is 0 Å². The van der Waals surface area contributed by atoms with Crippen LogP contribution in [-0.2, 0) is 13.0 Å². The van der Waals surface area contributed by atoms with Crippen LogP contribution in [0.25, 0.3) is 0 Å². The lowest BCUT2D eigenvalue weighted by atomic mass is 10.1. The predicted molar refractivity (Wildman–Crippen MR) is 57.7 cm³/mol. The van der Waals surface area contributed by atoms with Crippen molar-refractivity contribution in [1.29, 1.82) is 5.26 Å². The Balaban J connectivity index is 2.63. The molecule has 1 aromatic carbocycles. The van der Waals surface area contributed by atoms with Gasteiger partial charge in [0.05, 0.1) is 12.1 Å². The number of nitrogens with one attached hydrogen (secondary N) is 1. The molecule has 0 aliphatic carbocycles. The fourth-order valence-corrected chi connectivity index (χ4v) is 1.38. The zero-order chi connectivity index (χ0) is 10.4. The van der Waals surface area contributed by atoms with Gasteiger partial charge in [0.25, 0.3) is 0 Å². The van der Waals surface area contributed by atoms with Gasteiger partial charge in [0, 0.05) is 6.54 Å². The van der Waals surface area contributed by atoms with Crippen LogP contribution in [0.3, 0.4) is 0 Å². The first kappa shape index (κ1) is 10.7. The summed E-state index contributed by atoms with van der Waals surface area (Å²) in [5, 5.41) is 11.8. The lowest BCUT2D eigenvalue weighted by Crippen LogP contribution is -2.24. The maximum absolute atomic E-state index is 8.63. The van der Waals surface area contributed by atoms with Gasteiger partial charge >= 0.3 is 0 Å². The summed E-state index contributed by atoms with van der Waals surface area (Å²) >= 11 is 0. The minimum Gasteiger partial charge on any atom is -0.298 e. The molecule has 0 amide bonds. The Hall–Kier alpha value is -1.33. The van der Waals surface area contributed by atoms with Crippen LogP contribution in [0, 0.1) is 11.3 Å². The molecule has 1 unspecified atom stereocenters. The Morgan fingerprint density at radius 3 is 2.57 bits per heavy atom. The van der Waals surface area contributed by atoms with E-state index in [2.05, 4.69) is 36.5 Å². The van der Waals surface area contributed by atoms with Crippen molar-refractivity contribution in [1.82, 2.24) is 5.32 Å². The average molecular weight is 188 g/mol. The minimum atomic E-state index is -0.0834. The van der Waals surface area contributed by atoms with E-state index in [4.69, 9.17) is 5.26 Å². The topological polar surface area (TPSA) is 35.8 Å². The Morgan fingerprint density at radius 2 is 2.00 bits per heavy atom. The van der Waals surface area contributed by atoms with Crippen molar-refractivity contribution in [2.75, 3.05) is 0 Å². The van der Waals surface area contributed by atoms with E-state index >= 15 is 0 Å². The number of hydrogen-bond acceptors (Lipinski definition) is 2. The van der Waals surface area contributed by atoms with Gasteiger partial charge in [-0.05, 0) is 24.5 Å². The third-order valence-electron chi connectivity index (χ3n) is 2.29. The summed E-state index contributed by atoms with van der Waals surface area (Å²) < 4.78 is 0. The summed E-state index contributed by atoms with van der Waals surface area (Å²) in [5.74, 6) is 0. The molecule has 0 aliphatic rings. The number of rotatable bonds is 4. The highest BCUT2D eigenvalue weighted by Crippen LogP contribution is 2.08. The van der Waals surface area contributed by atoms with Crippen LogP contribution in [-0.4, -0.2) is 6.04 Å². The Bertz CT molecular complexity index is 325. The molecule has 14 heavy (non-hydrogen) atoms. The highest BCUT2D eigenvalue weighted by atomic mass is 14.9. The van der Waals surface area contributed by atoms with Crippen LogP contribution in [0.1, 0.15) is 25.0 Å². The number of nitrogens with zero attached hydrogens (tertiary/aromatic N) is 1. The molecular weight excluding hydrogens is 172 g/mol. The maximum atomic E-state index is 8.63. The number of benzene rings is 1. The van der Waals surface area contributed by atoms with Crippen molar-refractivity contribution < 1.29 is 0 Å². The molecule has 0 saturated heterocycles. The van der Waals surface area contributed by atoms with Crippen LogP contribution >= 0.6 is 0 Å². The largest absolute Gasteiger partial charge is 0.298 e. The van der Waals surface area contributed by atoms with Gasteiger partial charge < -0.3 is 0 Å².